The van der Waals surface area contributed by atoms with E-state index in [1.54, 1.807) is 6.92 Å². The Hall–Kier alpha value is -4.42. The minimum Gasteiger partial charge on any atom is -0.482 e. The van der Waals surface area contributed by atoms with Crippen molar-refractivity contribution in [3.8, 4) is 16.9 Å². The molecule has 0 saturated carbocycles. The third kappa shape index (κ3) is 6.10. The number of para-hydroxylation sites is 1. The summed E-state index contributed by atoms with van der Waals surface area (Å²) >= 11 is 0. The third-order valence-electron chi connectivity index (χ3n) is 6.36. The van der Waals surface area contributed by atoms with Gasteiger partial charge in [0.25, 0.3) is 0 Å². The van der Waals surface area contributed by atoms with Crippen LogP contribution in [0.15, 0.2) is 114 Å². The molecule has 0 aromatic heterocycles. The molecule has 1 heterocycles. The summed E-state index contributed by atoms with van der Waals surface area (Å²) in [5, 5.41) is 16.4. The van der Waals surface area contributed by atoms with E-state index in [-0.39, 0.29) is 19.3 Å². The zero-order valence-electron chi connectivity index (χ0n) is 21.2. The zero-order valence-corrected chi connectivity index (χ0v) is 21.2. The Morgan fingerprint density at radius 2 is 1.47 bits per heavy atom. The molecule has 4 aromatic rings. The largest absolute Gasteiger partial charge is 0.482 e. The van der Waals surface area contributed by atoms with Crippen LogP contribution in [0, 0.1) is 0 Å². The van der Waals surface area contributed by atoms with Crippen molar-refractivity contribution in [1.82, 2.24) is 0 Å². The predicted molar refractivity (Wildman–Crippen MR) is 149 cm³/mol. The number of aliphatic hydroxyl groups is 1. The van der Waals surface area contributed by atoms with E-state index >= 15 is 0 Å². The molecule has 0 bridgehead atoms. The molecule has 38 heavy (non-hydrogen) atoms. The van der Waals surface area contributed by atoms with Gasteiger partial charge >= 0.3 is 5.97 Å². The van der Waals surface area contributed by atoms with Gasteiger partial charge in [-0.25, -0.2) is 4.79 Å². The Kier molecular flexibility index (Phi) is 7.81. The Bertz CT molecular complexity index is 1370. The Morgan fingerprint density at radius 1 is 0.868 bits per heavy atom. The number of nitrogens with zero attached hydrogens (tertiary/aromatic N) is 2. The quantitative estimate of drug-likeness (QED) is 0.282. The molecule has 1 aliphatic rings. The van der Waals surface area contributed by atoms with Crippen LogP contribution >= 0.6 is 0 Å². The maximum absolute atomic E-state index is 11.8. The first-order valence-corrected chi connectivity index (χ1v) is 12.7. The van der Waals surface area contributed by atoms with Gasteiger partial charge in [-0.05, 0) is 53.4 Å². The molecule has 5 rings (SSSR count). The summed E-state index contributed by atoms with van der Waals surface area (Å²) in [5.74, 6) is 0.0574. The van der Waals surface area contributed by atoms with Crippen LogP contribution in [-0.2, 0) is 9.53 Å². The molecular weight excluding hydrogens is 476 g/mol. The van der Waals surface area contributed by atoms with Gasteiger partial charge in [0.05, 0.1) is 23.5 Å². The summed E-state index contributed by atoms with van der Waals surface area (Å²) < 4.78 is 10.5. The third-order valence-corrected chi connectivity index (χ3v) is 6.36. The van der Waals surface area contributed by atoms with Crippen LogP contribution in [0.1, 0.15) is 30.5 Å². The number of carbonyl (C=O) groups excluding carboxylic acids is 1. The Morgan fingerprint density at radius 3 is 2.13 bits per heavy atom. The van der Waals surface area contributed by atoms with E-state index in [9.17, 15) is 9.90 Å². The van der Waals surface area contributed by atoms with Gasteiger partial charge in [-0.1, -0.05) is 84.9 Å². The summed E-state index contributed by atoms with van der Waals surface area (Å²) in [4.78, 5) is 11.8. The first kappa shape index (κ1) is 25.2. The Balaban J connectivity index is 1.32. The van der Waals surface area contributed by atoms with E-state index in [4.69, 9.17) is 14.6 Å². The minimum atomic E-state index is -0.703. The van der Waals surface area contributed by atoms with Crippen molar-refractivity contribution in [2.45, 2.75) is 25.5 Å². The molecular formula is C32H30N2O4. The molecule has 0 spiro atoms. The second-order valence-electron chi connectivity index (χ2n) is 9.28. The fourth-order valence-electron chi connectivity index (χ4n) is 4.43. The molecule has 1 N–H and O–H groups in total. The first-order chi connectivity index (χ1) is 18.6. The number of rotatable bonds is 9. The number of anilines is 1. The summed E-state index contributed by atoms with van der Waals surface area (Å²) in [7, 11) is 0. The number of benzene rings is 4. The van der Waals surface area contributed by atoms with Crippen LogP contribution in [-0.4, -0.2) is 36.1 Å². The van der Waals surface area contributed by atoms with Crippen molar-refractivity contribution >= 4 is 17.4 Å². The second-order valence-corrected chi connectivity index (χ2v) is 9.28. The number of carbonyl (C=O) groups is 1. The SMILES string of the molecule is CC(O)COC(=O)COc1ccc(C2CC(c3ccc(-c4ccccc4)cc3)=NN2c2ccccc2)cc1. The minimum absolute atomic E-state index is 0.0197. The summed E-state index contributed by atoms with van der Waals surface area (Å²) in [5.41, 5.74) is 6.61. The topological polar surface area (TPSA) is 71.4 Å². The summed E-state index contributed by atoms with van der Waals surface area (Å²) in [6.45, 7) is 1.30. The number of aliphatic hydroxyl groups excluding tert-OH is 1. The molecule has 0 fully saturated rings. The zero-order chi connectivity index (χ0) is 26.3. The van der Waals surface area contributed by atoms with E-state index in [0.717, 1.165) is 28.9 Å². The number of hydrazone groups is 1. The van der Waals surface area contributed by atoms with Crippen LogP contribution in [0.5, 0.6) is 5.75 Å². The second kappa shape index (κ2) is 11.8. The fourth-order valence-corrected chi connectivity index (χ4v) is 4.43. The van der Waals surface area contributed by atoms with Gasteiger partial charge in [0.1, 0.15) is 12.4 Å². The van der Waals surface area contributed by atoms with Crippen LogP contribution in [0.2, 0.25) is 0 Å². The molecule has 2 unspecified atom stereocenters. The van der Waals surface area contributed by atoms with Gasteiger partial charge < -0.3 is 14.6 Å². The lowest BCUT2D eigenvalue weighted by molar-refractivity contribution is -0.148. The number of hydrogen-bond acceptors (Lipinski definition) is 6. The van der Waals surface area contributed by atoms with Gasteiger partial charge in [-0.3, -0.25) is 5.01 Å². The smallest absolute Gasteiger partial charge is 0.344 e. The molecule has 4 aromatic carbocycles. The van der Waals surface area contributed by atoms with Crippen molar-refractivity contribution in [3.63, 3.8) is 0 Å². The van der Waals surface area contributed by atoms with E-state index in [1.165, 1.54) is 11.1 Å². The van der Waals surface area contributed by atoms with E-state index in [0.29, 0.717) is 5.75 Å². The molecule has 0 amide bonds. The molecule has 6 nitrogen and oxygen atoms in total. The van der Waals surface area contributed by atoms with Gasteiger partial charge in [0.15, 0.2) is 6.61 Å². The molecule has 0 radical (unpaired) electrons. The highest BCUT2D eigenvalue weighted by molar-refractivity contribution is 6.03. The normalized spacial score (nSPS) is 15.6. The molecule has 0 saturated heterocycles. The fraction of sp³-hybridized carbons (Fsp3) is 0.188. The molecule has 192 valence electrons. The predicted octanol–water partition coefficient (Wildman–Crippen LogP) is 6.01. The number of hydrogen-bond donors (Lipinski definition) is 1. The Labute approximate surface area is 222 Å². The lowest BCUT2D eigenvalue weighted by Gasteiger charge is -2.24. The van der Waals surface area contributed by atoms with E-state index < -0.39 is 12.1 Å². The lowest BCUT2D eigenvalue weighted by Crippen LogP contribution is -2.20. The maximum Gasteiger partial charge on any atom is 0.344 e. The van der Waals surface area contributed by atoms with Crippen LogP contribution < -0.4 is 9.75 Å². The standard InChI is InChI=1S/C32H30N2O4/c1-23(35)21-38-32(36)22-37-29-18-16-27(17-19-29)31-20-30(33-34(31)28-10-6-3-7-11-28)26-14-12-25(13-15-26)24-8-4-2-5-9-24/h2-19,23,31,35H,20-22H2,1H3. The summed E-state index contributed by atoms with van der Waals surface area (Å²) in [6, 6.07) is 36.8. The average molecular weight is 507 g/mol. The summed E-state index contributed by atoms with van der Waals surface area (Å²) in [6.07, 6.45) is 0.0527. The first-order valence-electron chi connectivity index (χ1n) is 12.7. The maximum atomic E-state index is 11.8. The number of ether oxygens (including phenoxy) is 2. The van der Waals surface area contributed by atoms with Crippen LogP contribution in [0.25, 0.3) is 11.1 Å². The van der Waals surface area contributed by atoms with Gasteiger partial charge in [-0.15, -0.1) is 0 Å². The lowest BCUT2D eigenvalue weighted by atomic mass is 9.96. The molecule has 2 atom stereocenters. The van der Waals surface area contributed by atoms with Gasteiger partial charge in [-0.2, -0.15) is 5.10 Å². The number of esters is 1. The van der Waals surface area contributed by atoms with Crippen molar-refractivity contribution in [3.05, 3.63) is 120 Å². The molecule has 6 heteroatoms. The molecule has 0 aliphatic carbocycles. The monoisotopic (exact) mass is 506 g/mol. The average Bonchev–Trinajstić information content (AvgIpc) is 3.42. The highest BCUT2D eigenvalue weighted by atomic mass is 16.6. The van der Waals surface area contributed by atoms with Crippen molar-refractivity contribution in [2.24, 2.45) is 5.10 Å². The van der Waals surface area contributed by atoms with Gasteiger partial charge in [0, 0.05) is 6.42 Å². The van der Waals surface area contributed by atoms with Crippen LogP contribution in [0.4, 0.5) is 5.69 Å². The van der Waals surface area contributed by atoms with Crippen molar-refractivity contribution < 1.29 is 19.4 Å². The van der Waals surface area contributed by atoms with Gasteiger partial charge in [0.2, 0.25) is 0 Å². The van der Waals surface area contributed by atoms with E-state index in [1.807, 2.05) is 60.7 Å². The highest BCUT2D eigenvalue weighted by Gasteiger charge is 2.30. The van der Waals surface area contributed by atoms with Crippen molar-refractivity contribution in [1.29, 1.82) is 0 Å². The van der Waals surface area contributed by atoms with Crippen LogP contribution in [0.3, 0.4) is 0 Å². The van der Waals surface area contributed by atoms with Crippen molar-refractivity contribution in [2.75, 3.05) is 18.2 Å². The van der Waals surface area contributed by atoms with E-state index in [2.05, 4.69) is 53.5 Å². The highest BCUT2D eigenvalue weighted by Crippen LogP contribution is 2.37. The molecule has 1 aliphatic heterocycles.